The lowest BCUT2D eigenvalue weighted by molar-refractivity contribution is -0.384. The minimum Gasteiger partial charge on any atom is -0.459 e. The highest BCUT2D eigenvalue weighted by molar-refractivity contribution is 6.06. The molecule has 3 aromatic rings. The zero-order valence-corrected chi connectivity index (χ0v) is 21.1. The van der Waals surface area contributed by atoms with Crippen LogP contribution in [0.1, 0.15) is 41.8 Å². The standard InChI is InChI=1S/C29H29N3O6/c1-20(2)16-26(29(35)38-19-21-10-5-3-6-11-21)31-28(34)25(30-27(33)23-13-7-4-8-14-23)18-22-12-9-15-24(17-22)32(36)37/h3-15,17-18,20,26H,16,19H2,1-2H3,(H,30,33)(H,31,34). The maximum Gasteiger partial charge on any atom is 0.328 e. The highest BCUT2D eigenvalue weighted by atomic mass is 16.6. The molecule has 0 spiro atoms. The Kier molecular flexibility index (Phi) is 9.87. The van der Waals surface area contributed by atoms with Crippen molar-refractivity contribution < 1.29 is 24.0 Å². The molecule has 0 bridgehead atoms. The zero-order valence-electron chi connectivity index (χ0n) is 21.1. The van der Waals surface area contributed by atoms with Gasteiger partial charge in [-0.2, -0.15) is 0 Å². The molecule has 2 amide bonds. The molecule has 2 N–H and O–H groups in total. The third kappa shape index (κ3) is 8.41. The molecule has 3 rings (SSSR count). The van der Waals surface area contributed by atoms with Gasteiger partial charge < -0.3 is 15.4 Å². The molecule has 0 saturated heterocycles. The van der Waals surface area contributed by atoms with E-state index in [0.29, 0.717) is 17.5 Å². The molecule has 0 radical (unpaired) electrons. The number of hydrogen-bond acceptors (Lipinski definition) is 6. The quantitative estimate of drug-likeness (QED) is 0.166. The van der Waals surface area contributed by atoms with Crippen molar-refractivity contribution in [2.24, 2.45) is 5.92 Å². The first-order valence-corrected chi connectivity index (χ1v) is 12.1. The van der Waals surface area contributed by atoms with E-state index < -0.39 is 28.7 Å². The van der Waals surface area contributed by atoms with Gasteiger partial charge in [0.1, 0.15) is 18.3 Å². The topological polar surface area (TPSA) is 128 Å². The van der Waals surface area contributed by atoms with Crippen molar-refractivity contribution in [3.63, 3.8) is 0 Å². The van der Waals surface area contributed by atoms with Crippen LogP contribution in [0, 0.1) is 16.0 Å². The lowest BCUT2D eigenvalue weighted by atomic mass is 10.0. The summed E-state index contributed by atoms with van der Waals surface area (Å²) < 4.78 is 5.45. The second-order valence-corrected chi connectivity index (χ2v) is 8.98. The number of benzene rings is 3. The minimum absolute atomic E-state index is 0.0469. The number of nitro groups is 1. The summed E-state index contributed by atoms with van der Waals surface area (Å²) in [6.07, 6.45) is 1.63. The van der Waals surface area contributed by atoms with Crippen molar-refractivity contribution >= 4 is 29.5 Å². The number of carbonyl (C=O) groups excluding carboxylic acids is 3. The molecule has 38 heavy (non-hydrogen) atoms. The third-order valence-corrected chi connectivity index (χ3v) is 5.44. The number of nitro benzene ring substituents is 1. The molecule has 1 atom stereocenters. The lowest BCUT2D eigenvalue weighted by Gasteiger charge is -2.20. The molecule has 0 aromatic heterocycles. The summed E-state index contributed by atoms with van der Waals surface area (Å²) in [6.45, 7) is 3.85. The van der Waals surface area contributed by atoms with Gasteiger partial charge in [0, 0.05) is 17.7 Å². The van der Waals surface area contributed by atoms with Crippen LogP contribution in [-0.2, 0) is 20.9 Å². The first kappa shape index (κ1) is 27.8. The Bertz CT molecular complexity index is 1310. The summed E-state index contributed by atoms with van der Waals surface area (Å²) in [5, 5.41) is 16.4. The summed E-state index contributed by atoms with van der Waals surface area (Å²) in [5.41, 5.74) is 1.09. The number of esters is 1. The first-order chi connectivity index (χ1) is 18.2. The molecule has 0 aliphatic heterocycles. The van der Waals surface area contributed by atoms with Crippen LogP contribution in [0.15, 0.2) is 90.6 Å². The van der Waals surface area contributed by atoms with Crippen molar-refractivity contribution in [3.05, 3.63) is 117 Å². The van der Waals surface area contributed by atoms with Crippen molar-refractivity contribution in [3.8, 4) is 0 Å². The predicted octanol–water partition coefficient (Wildman–Crippen LogP) is 4.64. The summed E-state index contributed by atoms with van der Waals surface area (Å²) in [5.74, 6) is -1.85. The second-order valence-electron chi connectivity index (χ2n) is 8.98. The number of nitrogens with zero attached hydrogens (tertiary/aromatic N) is 1. The monoisotopic (exact) mass is 515 g/mol. The molecule has 0 heterocycles. The van der Waals surface area contributed by atoms with Gasteiger partial charge in [0.2, 0.25) is 0 Å². The normalized spacial score (nSPS) is 11.9. The molecule has 9 nitrogen and oxygen atoms in total. The van der Waals surface area contributed by atoms with E-state index in [-0.39, 0.29) is 23.9 Å². The molecular weight excluding hydrogens is 486 g/mol. The second kappa shape index (κ2) is 13.5. The molecule has 0 aliphatic carbocycles. The average Bonchev–Trinajstić information content (AvgIpc) is 2.91. The Labute approximate surface area is 220 Å². The molecule has 0 fully saturated rings. The largest absolute Gasteiger partial charge is 0.459 e. The first-order valence-electron chi connectivity index (χ1n) is 12.1. The van der Waals surface area contributed by atoms with Crippen LogP contribution in [0.3, 0.4) is 0 Å². The van der Waals surface area contributed by atoms with Crippen molar-refractivity contribution in [1.29, 1.82) is 0 Å². The number of amides is 2. The Balaban J connectivity index is 1.85. The van der Waals surface area contributed by atoms with Crippen LogP contribution in [0.5, 0.6) is 0 Å². The maximum atomic E-state index is 13.4. The Morgan fingerprint density at radius 1 is 0.947 bits per heavy atom. The van der Waals surface area contributed by atoms with Gasteiger partial charge in [-0.25, -0.2) is 4.79 Å². The summed E-state index contributed by atoms with van der Waals surface area (Å²) in [6, 6.07) is 22.1. The van der Waals surface area contributed by atoms with Crippen LogP contribution in [-0.4, -0.2) is 28.7 Å². The van der Waals surface area contributed by atoms with Crippen LogP contribution >= 0.6 is 0 Å². The maximum absolute atomic E-state index is 13.4. The van der Waals surface area contributed by atoms with Crippen LogP contribution in [0.2, 0.25) is 0 Å². The number of nitrogens with one attached hydrogen (secondary N) is 2. The van der Waals surface area contributed by atoms with Gasteiger partial charge in [-0.15, -0.1) is 0 Å². The van der Waals surface area contributed by atoms with Gasteiger partial charge in [0.15, 0.2) is 0 Å². The zero-order chi connectivity index (χ0) is 27.5. The van der Waals surface area contributed by atoms with E-state index >= 15 is 0 Å². The van der Waals surface area contributed by atoms with Gasteiger partial charge in [0.05, 0.1) is 4.92 Å². The smallest absolute Gasteiger partial charge is 0.328 e. The van der Waals surface area contributed by atoms with E-state index in [1.54, 1.807) is 36.4 Å². The number of rotatable bonds is 11. The summed E-state index contributed by atoms with van der Waals surface area (Å²) in [4.78, 5) is 49.8. The Morgan fingerprint density at radius 2 is 1.61 bits per heavy atom. The molecule has 196 valence electrons. The molecular formula is C29H29N3O6. The van der Waals surface area contributed by atoms with E-state index in [9.17, 15) is 24.5 Å². The molecule has 0 saturated carbocycles. The van der Waals surface area contributed by atoms with E-state index in [0.717, 1.165) is 5.56 Å². The number of non-ortho nitro benzene ring substituents is 1. The Hall–Kier alpha value is -4.79. The van der Waals surface area contributed by atoms with Gasteiger partial charge in [-0.1, -0.05) is 74.5 Å². The van der Waals surface area contributed by atoms with Gasteiger partial charge in [-0.3, -0.25) is 19.7 Å². The average molecular weight is 516 g/mol. The fourth-order valence-corrected chi connectivity index (χ4v) is 3.59. The van der Waals surface area contributed by atoms with Crippen molar-refractivity contribution in [2.45, 2.75) is 32.9 Å². The lowest BCUT2D eigenvalue weighted by Crippen LogP contribution is -2.45. The Morgan fingerprint density at radius 3 is 2.24 bits per heavy atom. The van der Waals surface area contributed by atoms with Crippen molar-refractivity contribution in [2.75, 3.05) is 0 Å². The highest BCUT2D eigenvalue weighted by Gasteiger charge is 2.26. The summed E-state index contributed by atoms with van der Waals surface area (Å²) in [7, 11) is 0. The van der Waals surface area contributed by atoms with Crippen LogP contribution < -0.4 is 10.6 Å². The van der Waals surface area contributed by atoms with Gasteiger partial charge in [0.25, 0.3) is 17.5 Å². The fraction of sp³-hybridized carbons (Fsp3) is 0.207. The number of hydrogen-bond donors (Lipinski definition) is 2. The number of carbonyl (C=O) groups is 3. The van der Waals surface area contributed by atoms with Gasteiger partial charge in [-0.05, 0) is 41.7 Å². The van der Waals surface area contributed by atoms with Crippen molar-refractivity contribution in [1.82, 2.24) is 10.6 Å². The van der Waals surface area contributed by atoms with Gasteiger partial charge >= 0.3 is 5.97 Å². The molecule has 1 unspecified atom stereocenters. The van der Waals surface area contributed by atoms with Crippen LogP contribution in [0.25, 0.3) is 6.08 Å². The number of ether oxygens (including phenoxy) is 1. The SMILES string of the molecule is CC(C)CC(NC(=O)C(=Cc1cccc([N+](=O)[O-])c1)NC(=O)c1ccccc1)C(=O)OCc1ccccc1. The molecule has 3 aromatic carbocycles. The minimum atomic E-state index is -0.978. The van der Waals surface area contributed by atoms with E-state index in [1.807, 2.05) is 44.2 Å². The fourth-order valence-electron chi connectivity index (χ4n) is 3.59. The van der Waals surface area contributed by atoms with Crippen LogP contribution in [0.4, 0.5) is 5.69 Å². The molecule has 0 aliphatic rings. The third-order valence-electron chi connectivity index (χ3n) is 5.44. The summed E-state index contributed by atoms with van der Waals surface area (Å²) >= 11 is 0. The van der Waals surface area contributed by atoms with E-state index in [2.05, 4.69) is 10.6 Å². The molecule has 9 heteroatoms. The highest BCUT2D eigenvalue weighted by Crippen LogP contribution is 2.16. The van der Waals surface area contributed by atoms with E-state index in [1.165, 1.54) is 24.3 Å². The van der Waals surface area contributed by atoms with E-state index in [4.69, 9.17) is 4.74 Å². The predicted molar refractivity (Wildman–Crippen MR) is 143 cm³/mol.